The molecule has 80 valence electrons. The fourth-order valence-corrected chi connectivity index (χ4v) is 1.29. The Bertz CT molecular complexity index is 360. The van der Waals surface area contributed by atoms with Crippen molar-refractivity contribution in [3.63, 3.8) is 0 Å². The fraction of sp³-hybridized carbons (Fsp3) is 0.364. The molecule has 0 spiro atoms. The second-order valence-corrected chi connectivity index (χ2v) is 3.44. The second-order valence-electron chi connectivity index (χ2n) is 3.03. The summed E-state index contributed by atoms with van der Waals surface area (Å²) in [4.78, 5) is 0. The lowest BCUT2D eigenvalue weighted by atomic mass is 10.2. The quantitative estimate of drug-likeness (QED) is 0.783. The third kappa shape index (κ3) is 3.78. The molecule has 0 heterocycles. The van der Waals surface area contributed by atoms with Crippen LogP contribution in [0.2, 0.25) is 5.02 Å². The van der Waals surface area contributed by atoms with Crippen LogP contribution in [0.3, 0.4) is 0 Å². The fourth-order valence-electron chi connectivity index (χ4n) is 1.08. The minimum absolute atomic E-state index is 0.178. The first-order valence-corrected chi connectivity index (χ1v) is 5.09. The number of unbranched alkanes of at least 4 members (excludes halogenated alkanes) is 1. The molecular formula is C11H12ClNO2. The van der Waals surface area contributed by atoms with E-state index < -0.39 is 0 Å². The maximum absolute atomic E-state index is 8.65. The van der Waals surface area contributed by atoms with E-state index in [1.807, 2.05) is 6.07 Å². The van der Waals surface area contributed by atoms with Crippen LogP contribution in [0, 0.1) is 11.3 Å². The molecule has 1 N–H and O–H groups in total. The van der Waals surface area contributed by atoms with Crippen molar-refractivity contribution in [2.24, 2.45) is 0 Å². The first-order valence-electron chi connectivity index (χ1n) is 4.71. The average molecular weight is 226 g/mol. The van der Waals surface area contributed by atoms with Gasteiger partial charge >= 0.3 is 0 Å². The van der Waals surface area contributed by atoms with Gasteiger partial charge in [-0.05, 0) is 25.0 Å². The van der Waals surface area contributed by atoms with E-state index in [-0.39, 0.29) is 6.61 Å². The number of benzene rings is 1. The molecule has 1 aromatic rings. The number of nitriles is 1. The Morgan fingerprint density at radius 3 is 2.80 bits per heavy atom. The zero-order valence-electron chi connectivity index (χ0n) is 8.24. The van der Waals surface area contributed by atoms with Gasteiger partial charge in [0.1, 0.15) is 11.8 Å². The summed E-state index contributed by atoms with van der Waals surface area (Å²) in [6, 6.07) is 6.94. The van der Waals surface area contributed by atoms with Crippen LogP contribution in [0.25, 0.3) is 0 Å². The average Bonchev–Trinajstić information content (AvgIpc) is 2.25. The van der Waals surface area contributed by atoms with E-state index in [9.17, 15) is 0 Å². The molecule has 0 aliphatic rings. The Balaban J connectivity index is 2.49. The Morgan fingerprint density at radius 1 is 1.40 bits per heavy atom. The predicted octanol–water partition coefficient (Wildman–Crippen LogP) is 2.36. The first-order chi connectivity index (χ1) is 7.27. The molecule has 0 atom stereocenters. The summed E-state index contributed by atoms with van der Waals surface area (Å²) in [7, 11) is 0. The van der Waals surface area contributed by atoms with E-state index in [1.54, 1.807) is 18.2 Å². The van der Waals surface area contributed by atoms with E-state index in [0.717, 1.165) is 12.8 Å². The summed E-state index contributed by atoms with van der Waals surface area (Å²) < 4.78 is 5.38. The Labute approximate surface area is 93.9 Å². The number of hydrogen-bond donors (Lipinski definition) is 1. The van der Waals surface area contributed by atoms with Gasteiger partial charge in [-0.2, -0.15) is 5.26 Å². The molecule has 0 fully saturated rings. The predicted molar refractivity (Wildman–Crippen MR) is 58.0 cm³/mol. The standard InChI is InChI=1S/C11H12ClNO2/c12-11-7-10(4-3-9(11)8-13)15-6-2-1-5-14/h3-4,7,14H,1-2,5-6H2. The lowest BCUT2D eigenvalue weighted by Crippen LogP contribution is -1.98. The van der Waals surface area contributed by atoms with Gasteiger partial charge < -0.3 is 9.84 Å². The van der Waals surface area contributed by atoms with Crippen molar-refractivity contribution in [3.05, 3.63) is 28.8 Å². The van der Waals surface area contributed by atoms with E-state index in [1.165, 1.54) is 0 Å². The summed E-state index contributed by atoms with van der Waals surface area (Å²) in [6.07, 6.45) is 1.53. The Hall–Kier alpha value is -1.24. The lowest BCUT2D eigenvalue weighted by Gasteiger charge is -2.06. The summed E-state index contributed by atoms with van der Waals surface area (Å²) in [5.41, 5.74) is 0.444. The lowest BCUT2D eigenvalue weighted by molar-refractivity contribution is 0.253. The monoisotopic (exact) mass is 225 g/mol. The van der Waals surface area contributed by atoms with E-state index in [0.29, 0.717) is 22.9 Å². The third-order valence-corrected chi connectivity index (χ3v) is 2.19. The summed E-state index contributed by atoms with van der Waals surface area (Å²) in [5, 5.41) is 17.6. The van der Waals surface area contributed by atoms with Crippen molar-refractivity contribution in [1.82, 2.24) is 0 Å². The van der Waals surface area contributed by atoms with Gasteiger partial charge in [-0.3, -0.25) is 0 Å². The van der Waals surface area contributed by atoms with Crippen molar-refractivity contribution in [2.75, 3.05) is 13.2 Å². The van der Waals surface area contributed by atoms with Gasteiger partial charge in [-0.25, -0.2) is 0 Å². The molecule has 0 bridgehead atoms. The SMILES string of the molecule is N#Cc1ccc(OCCCCO)cc1Cl. The zero-order valence-corrected chi connectivity index (χ0v) is 9.00. The van der Waals surface area contributed by atoms with Crippen molar-refractivity contribution >= 4 is 11.6 Å². The highest BCUT2D eigenvalue weighted by atomic mass is 35.5. The highest BCUT2D eigenvalue weighted by molar-refractivity contribution is 6.31. The highest BCUT2D eigenvalue weighted by Gasteiger charge is 2.01. The molecule has 0 saturated carbocycles. The van der Waals surface area contributed by atoms with Crippen LogP contribution in [0.4, 0.5) is 0 Å². The number of halogens is 1. The molecule has 0 radical (unpaired) electrons. The molecule has 0 amide bonds. The van der Waals surface area contributed by atoms with Crippen LogP contribution < -0.4 is 4.74 Å². The number of rotatable bonds is 5. The van der Waals surface area contributed by atoms with Crippen molar-refractivity contribution < 1.29 is 9.84 Å². The smallest absolute Gasteiger partial charge is 0.120 e. The molecule has 0 aliphatic heterocycles. The number of ether oxygens (including phenoxy) is 1. The summed E-state index contributed by atoms with van der Waals surface area (Å²) in [5.74, 6) is 0.650. The van der Waals surface area contributed by atoms with Gasteiger partial charge in [-0.15, -0.1) is 0 Å². The normalized spacial score (nSPS) is 9.67. The minimum atomic E-state index is 0.178. The molecule has 4 heteroatoms. The molecule has 3 nitrogen and oxygen atoms in total. The highest BCUT2D eigenvalue weighted by Crippen LogP contribution is 2.21. The van der Waals surface area contributed by atoms with Gasteiger partial charge in [0.15, 0.2) is 0 Å². The number of aliphatic hydroxyl groups is 1. The third-order valence-electron chi connectivity index (χ3n) is 1.88. The van der Waals surface area contributed by atoms with E-state index in [4.69, 9.17) is 26.7 Å². The van der Waals surface area contributed by atoms with Crippen molar-refractivity contribution in [3.8, 4) is 11.8 Å². The molecule has 1 aromatic carbocycles. The van der Waals surface area contributed by atoms with E-state index >= 15 is 0 Å². The van der Waals surface area contributed by atoms with Crippen molar-refractivity contribution in [1.29, 1.82) is 5.26 Å². The Kier molecular flexibility index (Phi) is 4.96. The number of aliphatic hydroxyl groups excluding tert-OH is 1. The van der Waals surface area contributed by atoms with Gasteiger partial charge in [-0.1, -0.05) is 11.6 Å². The van der Waals surface area contributed by atoms with E-state index in [2.05, 4.69) is 0 Å². The van der Waals surface area contributed by atoms with Crippen LogP contribution in [0.15, 0.2) is 18.2 Å². The van der Waals surface area contributed by atoms with Crippen molar-refractivity contribution in [2.45, 2.75) is 12.8 Å². The minimum Gasteiger partial charge on any atom is -0.494 e. The summed E-state index contributed by atoms with van der Waals surface area (Å²) >= 11 is 5.83. The molecular weight excluding hydrogens is 214 g/mol. The van der Waals surface area contributed by atoms with Crippen LogP contribution in [-0.2, 0) is 0 Å². The summed E-state index contributed by atoms with van der Waals surface area (Å²) in [6.45, 7) is 0.722. The Morgan fingerprint density at radius 2 is 2.20 bits per heavy atom. The van der Waals surface area contributed by atoms with Crippen LogP contribution in [0.1, 0.15) is 18.4 Å². The molecule has 0 unspecified atom stereocenters. The molecule has 1 rings (SSSR count). The van der Waals surface area contributed by atoms with Crippen LogP contribution in [-0.4, -0.2) is 18.3 Å². The van der Waals surface area contributed by atoms with Gasteiger partial charge in [0.05, 0.1) is 17.2 Å². The molecule has 0 saturated heterocycles. The van der Waals surface area contributed by atoms with Gasteiger partial charge in [0, 0.05) is 12.7 Å². The van der Waals surface area contributed by atoms with Crippen LogP contribution in [0.5, 0.6) is 5.75 Å². The van der Waals surface area contributed by atoms with Gasteiger partial charge in [0.25, 0.3) is 0 Å². The first kappa shape index (κ1) is 11.8. The number of hydrogen-bond acceptors (Lipinski definition) is 3. The number of nitrogens with zero attached hydrogens (tertiary/aromatic N) is 1. The second kappa shape index (κ2) is 6.28. The molecule has 15 heavy (non-hydrogen) atoms. The zero-order chi connectivity index (χ0) is 11.1. The maximum Gasteiger partial charge on any atom is 0.120 e. The maximum atomic E-state index is 8.65. The molecule has 0 aromatic heterocycles. The van der Waals surface area contributed by atoms with Crippen LogP contribution >= 0.6 is 11.6 Å². The molecule has 0 aliphatic carbocycles. The largest absolute Gasteiger partial charge is 0.494 e. The van der Waals surface area contributed by atoms with Gasteiger partial charge in [0.2, 0.25) is 0 Å². The topological polar surface area (TPSA) is 53.2 Å².